The maximum absolute atomic E-state index is 12.0. The molecule has 1 aliphatic heterocycles. The summed E-state index contributed by atoms with van der Waals surface area (Å²) in [6.45, 7) is 3.33. The van der Waals surface area contributed by atoms with E-state index < -0.39 is 0 Å². The van der Waals surface area contributed by atoms with Crippen LogP contribution in [0.15, 0.2) is 12.7 Å². The fourth-order valence-corrected chi connectivity index (χ4v) is 3.33. The lowest BCUT2D eigenvalue weighted by molar-refractivity contribution is -0.129. The smallest absolute Gasteiger partial charge is 0.236 e. The second-order valence-electron chi connectivity index (χ2n) is 5.96. The molecule has 0 spiro atoms. The van der Waals surface area contributed by atoms with E-state index in [0.29, 0.717) is 18.5 Å². The van der Waals surface area contributed by atoms with E-state index in [9.17, 15) is 4.79 Å². The zero-order valence-electron chi connectivity index (χ0n) is 11.9. The highest BCUT2D eigenvalue weighted by Crippen LogP contribution is 2.26. The van der Waals surface area contributed by atoms with Gasteiger partial charge in [-0.25, -0.2) is 4.98 Å². The number of carbonyl (C=O) groups excluding carboxylic acids is 1. The Hall–Kier alpha value is -1.43. The van der Waals surface area contributed by atoms with Crippen LogP contribution in [0, 0.1) is 5.92 Å². The van der Waals surface area contributed by atoms with Crippen molar-refractivity contribution < 1.29 is 4.79 Å². The molecule has 1 unspecified atom stereocenters. The minimum absolute atomic E-state index is 0.266. The number of aromatic nitrogens is 3. The van der Waals surface area contributed by atoms with Crippen LogP contribution in [-0.4, -0.2) is 51.2 Å². The summed E-state index contributed by atoms with van der Waals surface area (Å²) in [4.78, 5) is 17.9. The van der Waals surface area contributed by atoms with Gasteiger partial charge in [-0.1, -0.05) is 0 Å². The molecule has 0 radical (unpaired) electrons. The Labute approximate surface area is 119 Å². The standard InChI is InChI=1S/C14H23N5O/c20-14(18-5-1-2-6-18)8-16-13-4-3-12(7-13)9-19-11-15-10-17-19/h10-13,16H,1-9H2/t12?,13-/m1/s1. The van der Waals surface area contributed by atoms with Gasteiger partial charge in [0.1, 0.15) is 12.7 Å². The minimum atomic E-state index is 0.266. The summed E-state index contributed by atoms with van der Waals surface area (Å²) in [6, 6.07) is 0.482. The molecule has 6 heteroatoms. The second-order valence-corrected chi connectivity index (χ2v) is 5.96. The molecule has 2 heterocycles. The van der Waals surface area contributed by atoms with Gasteiger partial charge in [-0.05, 0) is 38.0 Å². The molecule has 6 nitrogen and oxygen atoms in total. The largest absolute Gasteiger partial charge is 0.342 e. The van der Waals surface area contributed by atoms with Crippen LogP contribution in [0.4, 0.5) is 0 Å². The van der Waals surface area contributed by atoms with Crippen LogP contribution in [0.1, 0.15) is 32.1 Å². The fraction of sp³-hybridized carbons (Fsp3) is 0.786. The third-order valence-electron chi connectivity index (χ3n) is 4.45. The van der Waals surface area contributed by atoms with Crippen molar-refractivity contribution in [3.63, 3.8) is 0 Å². The van der Waals surface area contributed by atoms with Gasteiger partial charge in [0.2, 0.25) is 5.91 Å². The Bertz CT molecular complexity index is 427. The Balaban J connectivity index is 1.38. The number of rotatable bonds is 5. The predicted octanol–water partition coefficient (Wildman–Crippen LogP) is 0.659. The summed E-state index contributed by atoms with van der Waals surface area (Å²) in [7, 11) is 0. The van der Waals surface area contributed by atoms with Crippen LogP contribution >= 0.6 is 0 Å². The molecule has 1 amide bonds. The first-order chi connectivity index (χ1) is 9.81. The number of nitrogens with zero attached hydrogens (tertiary/aromatic N) is 4. The lowest BCUT2D eigenvalue weighted by Gasteiger charge is -2.18. The van der Waals surface area contributed by atoms with E-state index in [2.05, 4.69) is 15.4 Å². The molecule has 0 bridgehead atoms. The van der Waals surface area contributed by atoms with Crippen LogP contribution in [0.5, 0.6) is 0 Å². The van der Waals surface area contributed by atoms with Gasteiger partial charge >= 0.3 is 0 Å². The van der Waals surface area contributed by atoms with Crippen molar-refractivity contribution in [1.82, 2.24) is 25.0 Å². The molecule has 110 valence electrons. The summed E-state index contributed by atoms with van der Waals surface area (Å²) in [6.07, 6.45) is 9.18. The third-order valence-corrected chi connectivity index (χ3v) is 4.45. The summed E-state index contributed by atoms with van der Waals surface area (Å²) in [5.41, 5.74) is 0. The van der Waals surface area contributed by atoms with E-state index in [1.165, 1.54) is 6.42 Å². The Morgan fingerprint density at radius 2 is 2.15 bits per heavy atom. The normalized spacial score (nSPS) is 26.3. The van der Waals surface area contributed by atoms with Crippen LogP contribution < -0.4 is 5.32 Å². The molecule has 2 atom stereocenters. The molecule has 1 aliphatic carbocycles. The van der Waals surface area contributed by atoms with Crippen molar-refractivity contribution in [3.05, 3.63) is 12.7 Å². The molecule has 1 saturated heterocycles. The van der Waals surface area contributed by atoms with Crippen molar-refractivity contribution in [1.29, 1.82) is 0 Å². The highest BCUT2D eigenvalue weighted by Gasteiger charge is 2.26. The van der Waals surface area contributed by atoms with E-state index >= 15 is 0 Å². The number of hydrogen-bond acceptors (Lipinski definition) is 4. The molecule has 1 aromatic rings. The SMILES string of the molecule is O=C(CN[C@@H]1CCC(Cn2cncn2)C1)N1CCCC1. The summed E-state index contributed by atoms with van der Waals surface area (Å²) < 4.78 is 1.91. The molecule has 1 saturated carbocycles. The van der Waals surface area contributed by atoms with E-state index in [4.69, 9.17) is 0 Å². The van der Waals surface area contributed by atoms with Crippen LogP contribution in [0.3, 0.4) is 0 Å². The minimum Gasteiger partial charge on any atom is -0.342 e. The van der Waals surface area contributed by atoms with Crippen molar-refractivity contribution in [3.8, 4) is 0 Å². The zero-order chi connectivity index (χ0) is 13.8. The Morgan fingerprint density at radius 3 is 2.90 bits per heavy atom. The zero-order valence-corrected chi connectivity index (χ0v) is 11.9. The molecule has 1 aromatic heterocycles. The molecule has 2 fully saturated rings. The van der Waals surface area contributed by atoms with Gasteiger partial charge in [-0.15, -0.1) is 0 Å². The van der Waals surface area contributed by atoms with Crippen molar-refractivity contribution in [2.45, 2.75) is 44.7 Å². The first-order valence-corrected chi connectivity index (χ1v) is 7.65. The Kier molecular flexibility index (Phi) is 4.30. The van der Waals surface area contributed by atoms with Crippen molar-refractivity contribution >= 4 is 5.91 Å². The second kappa shape index (κ2) is 6.35. The molecule has 2 aliphatic rings. The summed E-state index contributed by atoms with van der Waals surface area (Å²) >= 11 is 0. The van der Waals surface area contributed by atoms with Crippen LogP contribution in [-0.2, 0) is 11.3 Å². The monoisotopic (exact) mass is 277 g/mol. The van der Waals surface area contributed by atoms with Gasteiger partial charge in [0.05, 0.1) is 6.54 Å². The number of carbonyl (C=O) groups is 1. The highest BCUT2D eigenvalue weighted by molar-refractivity contribution is 5.78. The average Bonchev–Trinajstić information content (AvgIpc) is 3.19. The number of likely N-dealkylation sites (tertiary alicyclic amines) is 1. The lowest BCUT2D eigenvalue weighted by Crippen LogP contribution is -2.39. The molecule has 0 aromatic carbocycles. The molecule has 3 rings (SSSR count). The van der Waals surface area contributed by atoms with E-state index in [-0.39, 0.29) is 5.91 Å². The maximum Gasteiger partial charge on any atom is 0.236 e. The first kappa shape index (κ1) is 13.5. The van der Waals surface area contributed by atoms with Crippen LogP contribution in [0.2, 0.25) is 0 Å². The van der Waals surface area contributed by atoms with Gasteiger partial charge < -0.3 is 10.2 Å². The number of nitrogens with one attached hydrogen (secondary N) is 1. The fourth-order valence-electron chi connectivity index (χ4n) is 3.33. The van der Waals surface area contributed by atoms with Gasteiger partial charge in [0.15, 0.2) is 0 Å². The van der Waals surface area contributed by atoms with E-state index in [1.54, 1.807) is 12.7 Å². The maximum atomic E-state index is 12.0. The molecule has 20 heavy (non-hydrogen) atoms. The van der Waals surface area contributed by atoms with E-state index in [1.807, 2.05) is 9.58 Å². The first-order valence-electron chi connectivity index (χ1n) is 7.65. The average molecular weight is 277 g/mol. The lowest BCUT2D eigenvalue weighted by atomic mass is 10.1. The molecular weight excluding hydrogens is 254 g/mol. The van der Waals surface area contributed by atoms with Crippen LogP contribution in [0.25, 0.3) is 0 Å². The predicted molar refractivity (Wildman–Crippen MR) is 75.0 cm³/mol. The van der Waals surface area contributed by atoms with E-state index in [0.717, 1.165) is 45.3 Å². The molecule has 1 N–H and O–H groups in total. The van der Waals surface area contributed by atoms with Gasteiger partial charge in [0.25, 0.3) is 0 Å². The van der Waals surface area contributed by atoms with Gasteiger partial charge in [-0.3, -0.25) is 9.48 Å². The summed E-state index contributed by atoms with van der Waals surface area (Å²) in [5.74, 6) is 0.915. The quantitative estimate of drug-likeness (QED) is 0.859. The topological polar surface area (TPSA) is 63.1 Å². The van der Waals surface area contributed by atoms with Crippen molar-refractivity contribution in [2.75, 3.05) is 19.6 Å². The molecular formula is C14H23N5O. The third kappa shape index (κ3) is 3.36. The van der Waals surface area contributed by atoms with Gasteiger partial charge in [0, 0.05) is 25.7 Å². The highest BCUT2D eigenvalue weighted by atomic mass is 16.2. The summed E-state index contributed by atoms with van der Waals surface area (Å²) in [5, 5.41) is 7.59. The van der Waals surface area contributed by atoms with Crippen molar-refractivity contribution in [2.24, 2.45) is 5.92 Å². The Morgan fingerprint density at radius 1 is 1.30 bits per heavy atom. The van der Waals surface area contributed by atoms with Gasteiger partial charge in [-0.2, -0.15) is 5.10 Å². The number of amides is 1. The number of hydrogen-bond donors (Lipinski definition) is 1.